The van der Waals surface area contributed by atoms with E-state index >= 15 is 0 Å². The highest BCUT2D eigenvalue weighted by molar-refractivity contribution is 6.06. The smallest absolute Gasteiger partial charge is 0.258 e. The van der Waals surface area contributed by atoms with E-state index in [1.807, 2.05) is 10.8 Å². The lowest BCUT2D eigenvalue weighted by atomic mass is 10.1. The molecule has 0 bridgehead atoms. The number of aliphatic hydroxyl groups excluding tert-OH is 1. The molecule has 2 N–H and O–H groups in total. The molecule has 10 nitrogen and oxygen atoms in total. The zero-order valence-corrected chi connectivity index (χ0v) is 19.7. The number of carbonyl (C=O) groups is 1. The van der Waals surface area contributed by atoms with E-state index in [0.717, 1.165) is 18.5 Å². The van der Waals surface area contributed by atoms with Gasteiger partial charge in [0.05, 0.1) is 40.6 Å². The number of nitrogens with one attached hydrogen (secondary N) is 1. The number of anilines is 1. The summed E-state index contributed by atoms with van der Waals surface area (Å²) in [6.45, 7) is 3.51. The molecule has 1 fully saturated rings. The van der Waals surface area contributed by atoms with Gasteiger partial charge in [-0.3, -0.25) is 4.79 Å². The molecule has 2 aromatic heterocycles. The zero-order valence-electron chi connectivity index (χ0n) is 19.7. The summed E-state index contributed by atoms with van der Waals surface area (Å²) in [5.41, 5.74) is 3.18. The number of halogens is 1. The molecule has 6 rings (SSSR count). The summed E-state index contributed by atoms with van der Waals surface area (Å²) in [4.78, 5) is 17.7. The number of aliphatic hydroxyl groups is 1. The first-order chi connectivity index (χ1) is 17.4. The summed E-state index contributed by atoms with van der Waals surface area (Å²) in [6.07, 6.45) is 5.11. The maximum Gasteiger partial charge on any atom is 0.258 e. The molecule has 0 saturated heterocycles. The predicted molar refractivity (Wildman–Crippen MR) is 134 cm³/mol. The molecule has 4 aromatic rings. The van der Waals surface area contributed by atoms with E-state index in [4.69, 9.17) is 4.74 Å². The molecule has 0 radical (unpaired) electrons. The fourth-order valence-electron chi connectivity index (χ4n) is 4.51. The lowest BCUT2D eigenvalue weighted by molar-refractivity contribution is 0.0901. The van der Waals surface area contributed by atoms with Gasteiger partial charge in [-0.25, -0.2) is 14.1 Å². The predicted octanol–water partition coefficient (Wildman–Crippen LogP) is 4.05. The monoisotopic (exact) mass is 505 g/mol. The van der Waals surface area contributed by atoms with Crippen molar-refractivity contribution in [3.63, 3.8) is 0 Å². The van der Waals surface area contributed by atoms with E-state index in [1.54, 1.807) is 38.4 Å². The summed E-state index contributed by atoms with van der Waals surface area (Å²) >= 11 is 0. The number of benzene rings is 2. The van der Waals surface area contributed by atoms with Gasteiger partial charge < -0.3 is 19.7 Å². The second-order valence-electron chi connectivity index (χ2n) is 9.30. The number of fused-ring (bicyclic) bond motifs is 3. The van der Waals surface area contributed by atoms with E-state index in [1.165, 1.54) is 16.8 Å². The molecule has 1 aliphatic carbocycles. The summed E-state index contributed by atoms with van der Waals surface area (Å²) in [5.74, 6) is -0.0135. The molecule has 11 heteroatoms. The Kier molecular flexibility index (Phi) is 6.24. The Labute approximate surface area is 213 Å². The van der Waals surface area contributed by atoms with Gasteiger partial charge in [0.2, 0.25) is 0 Å². The molecule has 37 heavy (non-hydrogen) atoms. The van der Waals surface area contributed by atoms with Gasteiger partial charge in [-0.2, -0.15) is 0 Å². The summed E-state index contributed by atoms with van der Waals surface area (Å²) in [5, 5.41) is 24.8. The number of tetrazole rings is 1. The molecular weight excluding hydrogens is 477 g/mol. The number of carbonyl (C=O) groups excluding carboxylic acids is 1. The van der Waals surface area contributed by atoms with Gasteiger partial charge in [0, 0.05) is 12.1 Å². The van der Waals surface area contributed by atoms with Gasteiger partial charge in [0.15, 0.2) is 11.6 Å². The van der Waals surface area contributed by atoms with Crippen molar-refractivity contribution < 1.29 is 19.0 Å². The van der Waals surface area contributed by atoms with Crippen LogP contribution >= 0.6 is 0 Å². The van der Waals surface area contributed by atoms with Crippen LogP contribution in [-0.2, 0) is 0 Å². The molecule has 2 aromatic carbocycles. The fourth-order valence-corrected chi connectivity index (χ4v) is 4.51. The van der Waals surface area contributed by atoms with Crippen molar-refractivity contribution in [2.75, 3.05) is 11.9 Å². The third-order valence-electron chi connectivity index (χ3n) is 6.67. The van der Waals surface area contributed by atoms with E-state index in [-0.39, 0.29) is 19.6 Å². The fraction of sp³-hybridized carbons (Fsp3) is 0.346. The van der Waals surface area contributed by atoms with Crippen LogP contribution in [0.3, 0.4) is 0 Å². The molecule has 0 unspecified atom stereocenters. The number of aromatic nitrogens is 6. The number of nitrogens with zero attached hydrogens (tertiary/aromatic N) is 6. The van der Waals surface area contributed by atoms with Crippen molar-refractivity contribution in [2.45, 2.75) is 52.2 Å². The minimum absolute atomic E-state index is 0. The molecule has 1 saturated carbocycles. The van der Waals surface area contributed by atoms with Crippen molar-refractivity contribution in [1.82, 2.24) is 29.8 Å². The largest absolute Gasteiger partial charge is 0.488 e. The van der Waals surface area contributed by atoms with Crippen LogP contribution in [0.25, 0.3) is 17.1 Å². The average molecular weight is 506 g/mol. The molecule has 0 spiro atoms. The van der Waals surface area contributed by atoms with E-state index in [2.05, 4.69) is 25.8 Å². The Hall–Kier alpha value is -4.12. The number of aryl methyl sites for hydroxylation is 1. The highest BCUT2D eigenvalue weighted by Gasteiger charge is 2.31. The van der Waals surface area contributed by atoms with Gasteiger partial charge in [-0.05, 0) is 66.9 Å². The molecule has 2 aliphatic rings. The van der Waals surface area contributed by atoms with Crippen molar-refractivity contribution in [3.8, 4) is 22.8 Å². The molecule has 192 valence electrons. The highest BCUT2D eigenvalue weighted by Crippen LogP contribution is 2.40. The summed E-state index contributed by atoms with van der Waals surface area (Å²) in [7, 11) is 0. The van der Waals surface area contributed by atoms with Crippen LogP contribution in [0, 0.1) is 12.7 Å². The van der Waals surface area contributed by atoms with Crippen LogP contribution in [0.15, 0.2) is 42.9 Å². The number of para-hydroxylation sites is 1. The van der Waals surface area contributed by atoms with Gasteiger partial charge in [-0.15, -0.1) is 5.10 Å². The first-order valence-corrected chi connectivity index (χ1v) is 11.8. The van der Waals surface area contributed by atoms with E-state index in [0.29, 0.717) is 40.0 Å². The van der Waals surface area contributed by atoms with Crippen LogP contribution in [0.5, 0.6) is 5.75 Å². The quantitative estimate of drug-likeness (QED) is 0.420. The van der Waals surface area contributed by atoms with Gasteiger partial charge in [-0.1, -0.05) is 13.5 Å². The highest BCUT2D eigenvalue weighted by atomic mass is 19.1. The molecule has 3 heterocycles. The van der Waals surface area contributed by atoms with Gasteiger partial charge in [0.1, 0.15) is 18.5 Å². The van der Waals surface area contributed by atoms with Crippen molar-refractivity contribution in [1.29, 1.82) is 0 Å². The Morgan fingerprint density at radius 1 is 1.30 bits per heavy atom. The van der Waals surface area contributed by atoms with Crippen molar-refractivity contribution >= 4 is 11.6 Å². The number of amides is 1. The number of rotatable bonds is 5. The number of hydrogen-bond donors (Lipinski definition) is 2. The lowest BCUT2D eigenvalue weighted by Crippen LogP contribution is -2.27. The van der Waals surface area contributed by atoms with Gasteiger partial charge >= 0.3 is 0 Å². The lowest BCUT2D eigenvalue weighted by Gasteiger charge is -2.18. The maximum atomic E-state index is 15.0. The molecule has 1 amide bonds. The standard InChI is InChI=1S/C25H24FN7O3.CH4/c1-13-8-18(26)17(9-21(13)32-10-20(27-12-32)15-6-7-15)25(35)28-19-5-3-4-16-23(19)36-11-22(14(2)34)33-24(16)29-30-31-33;/h3-5,8-10,12,14-15,22,34H,6-7,11H2,1-2H3,(H,28,35);1H4/t14-,22+;/m1./s1. The number of imidazole rings is 1. The average Bonchev–Trinajstić information content (AvgIpc) is 3.43. The Bertz CT molecular complexity index is 1470. The minimum Gasteiger partial charge on any atom is -0.488 e. The molecule has 1 aliphatic heterocycles. The Morgan fingerprint density at radius 2 is 2.11 bits per heavy atom. The van der Waals surface area contributed by atoms with Gasteiger partial charge in [0.25, 0.3) is 5.91 Å². The molecule has 2 atom stereocenters. The Morgan fingerprint density at radius 3 is 2.86 bits per heavy atom. The molecular formula is C26H28FN7O3. The van der Waals surface area contributed by atoms with Crippen LogP contribution in [-0.4, -0.2) is 53.5 Å². The Balaban J connectivity index is 0.00000280. The SMILES string of the molecule is C.Cc1cc(F)c(C(=O)Nc2cccc3c2OC[C@@H]([C@@H](C)O)n2nnnc2-3)cc1-n1cnc(C2CC2)c1. The van der Waals surface area contributed by atoms with Crippen molar-refractivity contribution in [2.24, 2.45) is 0 Å². The van der Waals surface area contributed by atoms with Crippen LogP contribution in [0.2, 0.25) is 0 Å². The normalized spacial score (nSPS) is 17.0. The number of ether oxygens (including phenoxy) is 1. The summed E-state index contributed by atoms with van der Waals surface area (Å²) in [6, 6.07) is 7.52. The second-order valence-corrected chi connectivity index (χ2v) is 9.30. The topological polar surface area (TPSA) is 120 Å². The first-order valence-electron chi connectivity index (χ1n) is 11.8. The van der Waals surface area contributed by atoms with Crippen LogP contribution in [0.1, 0.15) is 60.8 Å². The van der Waals surface area contributed by atoms with Crippen molar-refractivity contribution in [3.05, 3.63) is 65.5 Å². The van der Waals surface area contributed by atoms with E-state index < -0.39 is 23.9 Å². The van der Waals surface area contributed by atoms with E-state index in [9.17, 15) is 14.3 Å². The van der Waals surface area contributed by atoms with Crippen LogP contribution in [0.4, 0.5) is 10.1 Å². The minimum atomic E-state index is -0.775. The number of hydrogen-bond acceptors (Lipinski definition) is 7. The first kappa shape index (κ1) is 24.6. The maximum absolute atomic E-state index is 15.0. The third-order valence-corrected chi connectivity index (χ3v) is 6.67. The zero-order chi connectivity index (χ0) is 25.0. The summed E-state index contributed by atoms with van der Waals surface area (Å²) < 4.78 is 24.3. The van der Waals surface area contributed by atoms with Crippen LogP contribution < -0.4 is 10.1 Å². The second kappa shape index (κ2) is 9.40. The third kappa shape index (κ3) is 4.35.